The van der Waals surface area contributed by atoms with Gasteiger partial charge in [-0.15, -0.1) is 5.10 Å². The van der Waals surface area contributed by atoms with E-state index in [-0.39, 0.29) is 0 Å². The van der Waals surface area contributed by atoms with Crippen LogP contribution in [0.5, 0.6) is 0 Å². The second-order valence-electron chi connectivity index (χ2n) is 5.49. The molecule has 0 fully saturated rings. The Morgan fingerprint density at radius 2 is 1.73 bits per heavy atom. The van der Waals surface area contributed by atoms with E-state index in [0.717, 1.165) is 25.5 Å². The molecule has 0 N–H and O–H groups in total. The molecule has 1 aromatic heterocycles. The van der Waals surface area contributed by atoms with Gasteiger partial charge in [0.15, 0.2) is 5.82 Å². The van der Waals surface area contributed by atoms with Crippen LogP contribution in [0.15, 0.2) is 36.5 Å². The molecule has 0 saturated carbocycles. The van der Waals surface area contributed by atoms with Crippen LogP contribution in [-0.4, -0.2) is 34.3 Å². The second-order valence-corrected chi connectivity index (χ2v) is 5.49. The molecule has 1 heterocycles. The van der Waals surface area contributed by atoms with E-state index in [4.69, 9.17) is 4.98 Å². The third-order valence-corrected chi connectivity index (χ3v) is 3.70. The van der Waals surface area contributed by atoms with Gasteiger partial charge in [0.1, 0.15) is 0 Å². The Kier molecular flexibility index (Phi) is 5.69. The van der Waals surface area contributed by atoms with Crippen molar-refractivity contribution in [2.45, 2.75) is 40.3 Å². The van der Waals surface area contributed by atoms with Gasteiger partial charge in [0, 0.05) is 25.7 Å². The van der Waals surface area contributed by atoms with E-state index in [9.17, 15) is 0 Å². The van der Waals surface area contributed by atoms with Gasteiger partial charge in [-0.1, -0.05) is 30.3 Å². The van der Waals surface area contributed by atoms with E-state index in [1.807, 2.05) is 6.07 Å². The first-order chi connectivity index (χ1) is 10.7. The Labute approximate surface area is 133 Å². The van der Waals surface area contributed by atoms with E-state index < -0.39 is 0 Å². The molecule has 0 spiro atoms. The fourth-order valence-corrected chi connectivity index (χ4v) is 2.37. The summed E-state index contributed by atoms with van der Waals surface area (Å²) in [7, 11) is 0. The number of rotatable bonds is 7. The number of aromatic nitrogens is 3. The standard InChI is InChI=1S/C17H25N5/c1-5-21(6-2)16-12-18-20-17(19-16)22(14(3)4)13-15-10-8-7-9-11-15/h7-12,14H,5-6,13H2,1-4H3. The van der Waals surface area contributed by atoms with Crippen LogP contribution in [0.25, 0.3) is 0 Å². The molecule has 22 heavy (non-hydrogen) atoms. The first-order valence-corrected chi connectivity index (χ1v) is 7.90. The maximum absolute atomic E-state index is 4.71. The average molecular weight is 299 g/mol. The maximum atomic E-state index is 4.71. The molecular formula is C17H25N5. The van der Waals surface area contributed by atoms with Crippen molar-refractivity contribution in [3.05, 3.63) is 42.1 Å². The molecule has 0 aliphatic rings. The van der Waals surface area contributed by atoms with Gasteiger partial charge < -0.3 is 9.80 Å². The topological polar surface area (TPSA) is 45.2 Å². The third-order valence-electron chi connectivity index (χ3n) is 3.70. The van der Waals surface area contributed by atoms with Crippen molar-refractivity contribution < 1.29 is 0 Å². The SMILES string of the molecule is CCN(CC)c1cnnc(N(Cc2ccccc2)C(C)C)n1. The van der Waals surface area contributed by atoms with Crippen molar-refractivity contribution in [2.75, 3.05) is 22.9 Å². The zero-order valence-electron chi connectivity index (χ0n) is 13.9. The second kappa shape index (κ2) is 7.73. The van der Waals surface area contributed by atoms with Gasteiger partial charge in [0.05, 0.1) is 6.20 Å². The van der Waals surface area contributed by atoms with E-state index in [1.165, 1.54) is 5.56 Å². The van der Waals surface area contributed by atoms with Crippen LogP contribution >= 0.6 is 0 Å². The Hall–Kier alpha value is -2.17. The lowest BCUT2D eigenvalue weighted by Gasteiger charge is -2.27. The van der Waals surface area contributed by atoms with Gasteiger partial charge in [-0.25, -0.2) is 0 Å². The predicted octanol–water partition coefficient (Wildman–Crippen LogP) is 3.13. The van der Waals surface area contributed by atoms with Gasteiger partial charge >= 0.3 is 0 Å². The zero-order valence-corrected chi connectivity index (χ0v) is 13.9. The summed E-state index contributed by atoms with van der Waals surface area (Å²) in [5.41, 5.74) is 1.24. The van der Waals surface area contributed by atoms with Crippen LogP contribution in [0.1, 0.15) is 33.3 Å². The summed E-state index contributed by atoms with van der Waals surface area (Å²) in [6, 6.07) is 10.7. The quantitative estimate of drug-likeness (QED) is 0.786. The highest BCUT2D eigenvalue weighted by molar-refractivity contribution is 5.42. The summed E-state index contributed by atoms with van der Waals surface area (Å²) in [4.78, 5) is 9.07. The highest BCUT2D eigenvalue weighted by Gasteiger charge is 2.16. The Morgan fingerprint density at radius 1 is 1.05 bits per heavy atom. The van der Waals surface area contributed by atoms with Gasteiger partial charge in [-0.3, -0.25) is 0 Å². The van der Waals surface area contributed by atoms with E-state index in [2.05, 4.69) is 72.0 Å². The van der Waals surface area contributed by atoms with E-state index in [1.54, 1.807) is 6.20 Å². The Morgan fingerprint density at radius 3 is 2.32 bits per heavy atom. The minimum absolute atomic E-state index is 0.300. The van der Waals surface area contributed by atoms with Crippen molar-refractivity contribution >= 4 is 11.8 Å². The smallest absolute Gasteiger partial charge is 0.247 e. The van der Waals surface area contributed by atoms with Crippen LogP contribution in [0, 0.1) is 0 Å². The molecule has 0 unspecified atom stereocenters. The number of nitrogens with zero attached hydrogens (tertiary/aromatic N) is 5. The molecule has 0 amide bonds. The molecule has 0 radical (unpaired) electrons. The summed E-state index contributed by atoms with van der Waals surface area (Å²) in [6.45, 7) is 11.1. The summed E-state index contributed by atoms with van der Waals surface area (Å²) in [5.74, 6) is 1.57. The van der Waals surface area contributed by atoms with Crippen LogP contribution in [0.2, 0.25) is 0 Å². The minimum atomic E-state index is 0.300. The van der Waals surface area contributed by atoms with Gasteiger partial charge in [-0.2, -0.15) is 10.1 Å². The summed E-state index contributed by atoms with van der Waals surface area (Å²) < 4.78 is 0. The molecule has 0 aliphatic heterocycles. The average Bonchev–Trinajstić information content (AvgIpc) is 2.55. The molecule has 2 aromatic rings. The van der Waals surface area contributed by atoms with Crippen LogP contribution < -0.4 is 9.80 Å². The molecule has 2 rings (SSSR count). The van der Waals surface area contributed by atoms with Crippen molar-refractivity contribution in [2.24, 2.45) is 0 Å². The lowest BCUT2D eigenvalue weighted by atomic mass is 10.2. The largest absolute Gasteiger partial charge is 0.356 e. The number of benzene rings is 1. The molecule has 5 heteroatoms. The van der Waals surface area contributed by atoms with Crippen molar-refractivity contribution in [1.82, 2.24) is 15.2 Å². The Balaban J connectivity index is 2.27. The van der Waals surface area contributed by atoms with E-state index >= 15 is 0 Å². The first kappa shape index (κ1) is 16.2. The molecule has 0 aliphatic carbocycles. The Bertz CT molecular complexity index is 566. The monoisotopic (exact) mass is 299 g/mol. The normalized spacial score (nSPS) is 10.8. The van der Waals surface area contributed by atoms with Crippen LogP contribution in [-0.2, 0) is 6.54 Å². The van der Waals surface area contributed by atoms with Crippen molar-refractivity contribution in [3.63, 3.8) is 0 Å². The molecule has 1 aromatic carbocycles. The highest BCUT2D eigenvalue weighted by Crippen LogP contribution is 2.18. The van der Waals surface area contributed by atoms with Crippen LogP contribution in [0.3, 0.4) is 0 Å². The fraction of sp³-hybridized carbons (Fsp3) is 0.471. The summed E-state index contributed by atoms with van der Waals surface area (Å²) in [5, 5.41) is 8.40. The molecule has 5 nitrogen and oxygen atoms in total. The number of anilines is 2. The minimum Gasteiger partial charge on any atom is -0.356 e. The van der Waals surface area contributed by atoms with Crippen LogP contribution in [0.4, 0.5) is 11.8 Å². The lowest BCUT2D eigenvalue weighted by Crippen LogP contribution is -2.33. The zero-order chi connectivity index (χ0) is 15.9. The fourth-order valence-electron chi connectivity index (χ4n) is 2.37. The summed E-state index contributed by atoms with van der Waals surface area (Å²) >= 11 is 0. The van der Waals surface area contributed by atoms with E-state index in [0.29, 0.717) is 12.0 Å². The van der Waals surface area contributed by atoms with Crippen molar-refractivity contribution in [3.8, 4) is 0 Å². The van der Waals surface area contributed by atoms with Gasteiger partial charge in [-0.05, 0) is 33.3 Å². The first-order valence-electron chi connectivity index (χ1n) is 7.90. The summed E-state index contributed by atoms with van der Waals surface area (Å²) in [6.07, 6.45) is 1.73. The highest BCUT2D eigenvalue weighted by atomic mass is 15.4. The third kappa shape index (κ3) is 3.93. The lowest BCUT2D eigenvalue weighted by molar-refractivity contribution is 0.650. The van der Waals surface area contributed by atoms with Gasteiger partial charge in [0.2, 0.25) is 5.95 Å². The van der Waals surface area contributed by atoms with Crippen molar-refractivity contribution in [1.29, 1.82) is 0 Å². The number of hydrogen-bond acceptors (Lipinski definition) is 5. The molecule has 0 bridgehead atoms. The number of hydrogen-bond donors (Lipinski definition) is 0. The molecule has 0 saturated heterocycles. The molecule has 118 valence electrons. The van der Waals surface area contributed by atoms with Gasteiger partial charge in [0.25, 0.3) is 0 Å². The predicted molar refractivity (Wildman–Crippen MR) is 91.1 cm³/mol. The molecular weight excluding hydrogens is 274 g/mol. The molecule has 0 atom stereocenters. The maximum Gasteiger partial charge on any atom is 0.247 e.